The van der Waals surface area contributed by atoms with Gasteiger partial charge in [-0.05, 0) is 31.5 Å². The standard InChI is InChI=1S/C17H17N3O6S/c1-3-10-8-11(16(22)24-4-2)15(27-10)18-13(21)9-20-17(23)26-14(19-20)12-6-5-7-25-12/h5-8H,3-4,9H2,1-2H3,(H,18,21). The SMILES string of the molecule is CCOC(=O)c1cc(CC)sc1NC(=O)Cn1nc(-c2ccco2)oc1=O. The second-order valence-electron chi connectivity index (χ2n) is 5.39. The summed E-state index contributed by atoms with van der Waals surface area (Å²) in [5.41, 5.74) is 0.288. The van der Waals surface area contributed by atoms with Crippen molar-refractivity contribution >= 4 is 28.2 Å². The molecular formula is C17H17N3O6S. The molecule has 9 nitrogen and oxygen atoms in total. The minimum atomic E-state index is -0.789. The number of aromatic nitrogens is 2. The Kier molecular flexibility index (Phi) is 5.55. The maximum Gasteiger partial charge on any atom is 0.437 e. The first-order chi connectivity index (χ1) is 13.0. The smallest absolute Gasteiger partial charge is 0.437 e. The number of nitrogens with zero attached hydrogens (tertiary/aromatic N) is 2. The van der Waals surface area contributed by atoms with E-state index in [4.69, 9.17) is 13.6 Å². The normalized spacial score (nSPS) is 10.7. The molecule has 0 fully saturated rings. The van der Waals surface area contributed by atoms with E-state index in [1.54, 1.807) is 25.1 Å². The van der Waals surface area contributed by atoms with Gasteiger partial charge in [-0.2, -0.15) is 4.68 Å². The molecule has 0 atom stereocenters. The molecule has 0 saturated carbocycles. The third kappa shape index (κ3) is 4.17. The number of rotatable bonds is 7. The van der Waals surface area contributed by atoms with Crippen LogP contribution in [0.15, 0.2) is 38.1 Å². The number of thiophene rings is 1. The Morgan fingerprint density at radius 2 is 2.19 bits per heavy atom. The molecule has 0 radical (unpaired) electrons. The summed E-state index contributed by atoms with van der Waals surface area (Å²) >= 11 is 1.28. The van der Waals surface area contributed by atoms with Crippen LogP contribution in [0.5, 0.6) is 0 Å². The number of furan rings is 1. The summed E-state index contributed by atoms with van der Waals surface area (Å²) in [4.78, 5) is 37.2. The Bertz CT molecular complexity index is 998. The van der Waals surface area contributed by atoms with Crippen molar-refractivity contribution in [2.24, 2.45) is 0 Å². The summed E-state index contributed by atoms with van der Waals surface area (Å²) in [6.07, 6.45) is 2.13. The van der Waals surface area contributed by atoms with Crippen molar-refractivity contribution < 1.29 is 23.2 Å². The summed E-state index contributed by atoms with van der Waals surface area (Å²) in [5, 5.41) is 6.95. The van der Waals surface area contributed by atoms with Crippen LogP contribution in [0.4, 0.5) is 5.00 Å². The lowest BCUT2D eigenvalue weighted by Gasteiger charge is -2.05. The molecule has 0 aromatic carbocycles. The van der Waals surface area contributed by atoms with Gasteiger partial charge in [0, 0.05) is 4.88 Å². The first kappa shape index (κ1) is 18.6. The van der Waals surface area contributed by atoms with Gasteiger partial charge in [-0.3, -0.25) is 4.79 Å². The first-order valence-electron chi connectivity index (χ1n) is 8.23. The minimum Gasteiger partial charge on any atom is -0.462 e. The van der Waals surface area contributed by atoms with E-state index in [1.807, 2.05) is 6.92 Å². The third-order valence-electron chi connectivity index (χ3n) is 3.51. The molecule has 0 spiro atoms. The molecule has 3 aromatic heterocycles. The van der Waals surface area contributed by atoms with Crippen LogP contribution in [0.1, 0.15) is 29.1 Å². The van der Waals surface area contributed by atoms with Crippen LogP contribution in [0.3, 0.4) is 0 Å². The van der Waals surface area contributed by atoms with Gasteiger partial charge in [0.15, 0.2) is 5.76 Å². The highest BCUT2D eigenvalue weighted by Gasteiger charge is 2.20. The molecule has 3 rings (SSSR count). The summed E-state index contributed by atoms with van der Waals surface area (Å²) in [7, 11) is 0. The molecule has 3 aromatic rings. The van der Waals surface area contributed by atoms with Crippen molar-refractivity contribution in [2.75, 3.05) is 11.9 Å². The van der Waals surface area contributed by atoms with Crippen molar-refractivity contribution in [1.82, 2.24) is 9.78 Å². The molecule has 0 aliphatic rings. The molecule has 0 bridgehead atoms. The molecule has 3 heterocycles. The molecule has 142 valence electrons. The van der Waals surface area contributed by atoms with Gasteiger partial charge in [0.25, 0.3) is 5.89 Å². The molecule has 27 heavy (non-hydrogen) atoms. The summed E-state index contributed by atoms with van der Waals surface area (Å²) in [6, 6.07) is 4.90. The van der Waals surface area contributed by atoms with Gasteiger partial charge < -0.3 is 18.9 Å². The number of ether oxygens (including phenoxy) is 1. The molecule has 0 unspecified atom stereocenters. The second-order valence-corrected chi connectivity index (χ2v) is 6.52. The molecule has 0 aliphatic heterocycles. The van der Waals surface area contributed by atoms with Crippen LogP contribution < -0.4 is 11.1 Å². The Hall–Kier alpha value is -3.14. The van der Waals surface area contributed by atoms with Crippen LogP contribution in [0.2, 0.25) is 0 Å². The van der Waals surface area contributed by atoms with Gasteiger partial charge >= 0.3 is 11.7 Å². The minimum absolute atomic E-state index is 0.0191. The van der Waals surface area contributed by atoms with Crippen molar-refractivity contribution in [2.45, 2.75) is 26.8 Å². The monoisotopic (exact) mass is 391 g/mol. The summed E-state index contributed by atoms with van der Waals surface area (Å²) in [6.45, 7) is 3.51. The number of hydrogen-bond acceptors (Lipinski definition) is 8. The Labute approximate surface area is 157 Å². The van der Waals surface area contributed by atoms with Crippen LogP contribution in [0.25, 0.3) is 11.7 Å². The maximum absolute atomic E-state index is 12.3. The van der Waals surface area contributed by atoms with Crippen molar-refractivity contribution in [1.29, 1.82) is 0 Å². The van der Waals surface area contributed by atoms with E-state index < -0.39 is 17.6 Å². The second kappa shape index (κ2) is 8.04. The zero-order chi connectivity index (χ0) is 19.4. The lowest BCUT2D eigenvalue weighted by molar-refractivity contribution is -0.117. The number of hydrogen-bond donors (Lipinski definition) is 1. The quantitative estimate of drug-likeness (QED) is 0.615. The highest BCUT2D eigenvalue weighted by Crippen LogP contribution is 2.29. The summed E-state index contributed by atoms with van der Waals surface area (Å²) < 4.78 is 16.0. The average Bonchev–Trinajstić information content (AvgIpc) is 3.36. The highest BCUT2D eigenvalue weighted by molar-refractivity contribution is 7.16. The predicted molar refractivity (Wildman–Crippen MR) is 96.7 cm³/mol. The van der Waals surface area contributed by atoms with Gasteiger partial charge in [-0.25, -0.2) is 9.59 Å². The molecule has 0 saturated heterocycles. The number of nitrogens with one attached hydrogen (secondary N) is 1. The Morgan fingerprint density at radius 3 is 2.85 bits per heavy atom. The van der Waals surface area contributed by atoms with E-state index >= 15 is 0 Å². The first-order valence-corrected chi connectivity index (χ1v) is 9.05. The molecule has 0 aliphatic carbocycles. The zero-order valence-electron chi connectivity index (χ0n) is 14.7. The molecule has 1 N–H and O–H groups in total. The molecule has 1 amide bonds. The van der Waals surface area contributed by atoms with E-state index in [9.17, 15) is 14.4 Å². The van der Waals surface area contributed by atoms with Gasteiger partial charge in [-0.1, -0.05) is 6.92 Å². The number of carbonyl (C=O) groups excluding carboxylic acids is 2. The Morgan fingerprint density at radius 1 is 1.37 bits per heavy atom. The van der Waals surface area contributed by atoms with E-state index in [-0.39, 0.29) is 30.4 Å². The number of aryl methyl sites for hydroxylation is 1. The topological polar surface area (TPSA) is 117 Å². The van der Waals surface area contributed by atoms with Crippen molar-refractivity contribution in [3.8, 4) is 11.7 Å². The van der Waals surface area contributed by atoms with E-state index in [0.717, 1.165) is 9.56 Å². The number of amides is 1. The molecular weight excluding hydrogens is 374 g/mol. The highest BCUT2D eigenvalue weighted by atomic mass is 32.1. The fourth-order valence-electron chi connectivity index (χ4n) is 2.28. The van der Waals surface area contributed by atoms with E-state index in [2.05, 4.69) is 10.4 Å². The van der Waals surface area contributed by atoms with E-state index in [0.29, 0.717) is 11.4 Å². The number of anilines is 1. The lowest BCUT2D eigenvalue weighted by atomic mass is 10.2. The van der Waals surface area contributed by atoms with Crippen molar-refractivity contribution in [3.05, 3.63) is 45.5 Å². The average molecular weight is 391 g/mol. The van der Waals surface area contributed by atoms with Crippen molar-refractivity contribution in [3.63, 3.8) is 0 Å². The fraction of sp³-hybridized carbons (Fsp3) is 0.294. The Balaban J connectivity index is 1.76. The van der Waals surface area contributed by atoms with Gasteiger partial charge in [0.1, 0.15) is 11.5 Å². The van der Waals surface area contributed by atoms with Crippen LogP contribution in [-0.4, -0.2) is 28.3 Å². The van der Waals surface area contributed by atoms with Gasteiger partial charge in [0.2, 0.25) is 5.91 Å². The zero-order valence-corrected chi connectivity index (χ0v) is 15.5. The molecule has 10 heteroatoms. The van der Waals surface area contributed by atoms with Crippen LogP contribution >= 0.6 is 11.3 Å². The fourth-order valence-corrected chi connectivity index (χ4v) is 3.28. The van der Waals surface area contributed by atoms with Gasteiger partial charge in [0.05, 0.1) is 18.4 Å². The summed E-state index contributed by atoms with van der Waals surface area (Å²) in [5.74, 6) is -1.56. The lowest BCUT2D eigenvalue weighted by Crippen LogP contribution is -2.26. The third-order valence-corrected chi connectivity index (χ3v) is 4.71. The predicted octanol–water partition coefficient (Wildman–Crippen LogP) is 2.54. The number of esters is 1. The largest absolute Gasteiger partial charge is 0.462 e. The van der Waals surface area contributed by atoms with E-state index in [1.165, 1.54) is 17.6 Å². The number of carbonyl (C=O) groups is 2. The van der Waals surface area contributed by atoms with Crippen LogP contribution in [-0.2, 0) is 22.5 Å². The van der Waals surface area contributed by atoms with Gasteiger partial charge in [-0.15, -0.1) is 16.4 Å². The maximum atomic E-state index is 12.3. The van der Waals surface area contributed by atoms with Crippen LogP contribution in [0, 0.1) is 0 Å².